The lowest BCUT2D eigenvalue weighted by molar-refractivity contribution is 0.0206. The number of hydrogen-bond donors (Lipinski definition) is 1. The number of aryl methyl sites for hydroxylation is 1. The van der Waals surface area contributed by atoms with Gasteiger partial charge in [-0.3, -0.25) is 0 Å². The van der Waals surface area contributed by atoms with Crippen LogP contribution >= 0.6 is 0 Å². The molecule has 1 saturated heterocycles. The van der Waals surface area contributed by atoms with E-state index in [0.717, 1.165) is 24.1 Å². The molecule has 0 aliphatic carbocycles. The molecule has 1 atom stereocenters. The van der Waals surface area contributed by atoms with Crippen molar-refractivity contribution < 1.29 is 19.1 Å². The second-order valence-corrected chi connectivity index (χ2v) is 7.43. The van der Waals surface area contributed by atoms with Crippen molar-refractivity contribution in [1.29, 1.82) is 0 Å². The zero-order valence-corrected chi connectivity index (χ0v) is 15.7. The highest BCUT2D eigenvalue weighted by atomic mass is 16.6. The lowest BCUT2D eigenvalue weighted by Crippen LogP contribution is -2.47. The van der Waals surface area contributed by atoms with Crippen LogP contribution in [0.1, 0.15) is 49.5 Å². The van der Waals surface area contributed by atoms with Gasteiger partial charge in [0.1, 0.15) is 5.60 Å². The molecule has 0 radical (unpaired) electrons. The van der Waals surface area contributed by atoms with Crippen LogP contribution in [0.2, 0.25) is 0 Å². The van der Waals surface area contributed by atoms with Crippen LogP contribution < -0.4 is 5.32 Å². The third kappa shape index (κ3) is 5.37. The van der Waals surface area contributed by atoms with Gasteiger partial charge in [-0.05, 0) is 58.2 Å². The van der Waals surface area contributed by atoms with Crippen LogP contribution in [0.3, 0.4) is 0 Å². The maximum absolute atomic E-state index is 12.3. The quantitative estimate of drug-likeness (QED) is 0.846. The van der Waals surface area contributed by atoms with Crippen molar-refractivity contribution in [3.63, 3.8) is 0 Å². The minimum atomic E-state index is -0.497. The molecule has 1 N–H and O–H groups in total. The van der Waals surface area contributed by atoms with Gasteiger partial charge in [0.15, 0.2) is 0 Å². The third-order valence-corrected chi connectivity index (χ3v) is 4.09. The largest absolute Gasteiger partial charge is 0.465 e. The van der Waals surface area contributed by atoms with E-state index < -0.39 is 5.60 Å². The van der Waals surface area contributed by atoms with Gasteiger partial charge in [0.2, 0.25) is 0 Å². The molecule has 0 aromatic heterocycles. The Morgan fingerprint density at radius 2 is 2.00 bits per heavy atom. The number of nitrogens with zero attached hydrogens (tertiary/aromatic N) is 1. The topological polar surface area (TPSA) is 67.9 Å². The van der Waals surface area contributed by atoms with E-state index in [0.29, 0.717) is 18.7 Å². The number of nitrogens with one attached hydrogen (secondary N) is 1. The fourth-order valence-electron chi connectivity index (χ4n) is 2.83. The summed E-state index contributed by atoms with van der Waals surface area (Å²) in [5.41, 5.74) is 1.94. The molecule has 1 aromatic rings. The van der Waals surface area contributed by atoms with E-state index in [9.17, 15) is 9.59 Å². The van der Waals surface area contributed by atoms with Crippen molar-refractivity contribution in [2.45, 2.75) is 52.2 Å². The lowest BCUT2D eigenvalue weighted by atomic mass is 10.0. The number of likely N-dealkylation sites (tertiary alicyclic amines) is 1. The van der Waals surface area contributed by atoms with Crippen molar-refractivity contribution in [2.75, 3.05) is 25.5 Å². The molecule has 138 valence electrons. The number of piperidine rings is 1. The van der Waals surface area contributed by atoms with E-state index in [4.69, 9.17) is 9.47 Å². The number of carbonyl (C=O) groups excluding carboxylic acids is 2. The zero-order chi connectivity index (χ0) is 18.6. The predicted octanol–water partition coefficient (Wildman–Crippen LogP) is 3.59. The highest BCUT2D eigenvalue weighted by molar-refractivity contribution is 5.90. The molecule has 1 fully saturated rings. The van der Waals surface area contributed by atoms with Crippen LogP contribution in [0.25, 0.3) is 0 Å². The summed E-state index contributed by atoms with van der Waals surface area (Å²) in [7, 11) is 1.37. The van der Waals surface area contributed by atoms with Crippen molar-refractivity contribution in [2.24, 2.45) is 0 Å². The Hall–Kier alpha value is -2.24. The van der Waals surface area contributed by atoms with E-state index in [1.165, 1.54) is 7.11 Å². The molecule has 6 heteroatoms. The molecule has 25 heavy (non-hydrogen) atoms. The molecular weight excluding hydrogens is 320 g/mol. The summed E-state index contributed by atoms with van der Waals surface area (Å²) < 4.78 is 10.2. The molecule has 1 aromatic carbocycles. The second-order valence-electron chi connectivity index (χ2n) is 7.43. The number of carbonyl (C=O) groups is 2. The van der Waals surface area contributed by atoms with Crippen LogP contribution in [0.15, 0.2) is 18.2 Å². The monoisotopic (exact) mass is 348 g/mol. The fourth-order valence-corrected chi connectivity index (χ4v) is 2.83. The molecule has 1 amide bonds. The number of methoxy groups -OCH3 is 1. The van der Waals surface area contributed by atoms with Crippen LogP contribution in [-0.2, 0) is 9.47 Å². The highest BCUT2D eigenvalue weighted by Gasteiger charge is 2.27. The van der Waals surface area contributed by atoms with Gasteiger partial charge in [0, 0.05) is 24.8 Å². The lowest BCUT2D eigenvalue weighted by Gasteiger charge is -2.35. The smallest absolute Gasteiger partial charge is 0.410 e. The molecule has 0 bridgehead atoms. The number of amides is 1. The van der Waals surface area contributed by atoms with Crippen molar-refractivity contribution in [3.05, 3.63) is 29.3 Å². The number of benzene rings is 1. The van der Waals surface area contributed by atoms with E-state index in [1.807, 2.05) is 33.8 Å². The minimum Gasteiger partial charge on any atom is -0.465 e. The number of esters is 1. The second kappa shape index (κ2) is 7.76. The zero-order valence-electron chi connectivity index (χ0n) is 15.7. The summed E-state index contributed by atoms with van der Waals surface area (Å²) in [5.74, 6) is -0.359. The summed E-state index contributed by atoms with van der Waals surface area (Å²) in [6, 6.07) is 5.56. The van der Waals surface area contributed by atoms with Crippen molar-refractivity contribution in [3.8, 4) is 0 Å². The Bertz CT molecular complexity index is 637. The number of ether oxygens (including phenoxy) is 2. The number of hydrogen-bond acceptors (Lipinski definition) is 5. The Kier molecular flexibility index (Phi) is 5.93. The number of rotatable bonds is 3. The molecule has 6 nitrogen and oxygen atoms in total. The van der Waals surface area contributed by atoms with Crippen molar-refractivity contribution >= 4 is 17.7 Å². The van der Waals surface area contributed by atoms with Gasteiger partial charge in [-0.25, -0.2) is 9.59 Å². The van der Waals surface area contributed by atoms with Crippen LogP contribution in [-0.4, -0.2) is 48.8 Å². The predicted molar refractivity (Wildman–Crippen MR) is 97.0 cm³/mol. The maximum Gasteiger partial charge on any atom is 0.410 e. The molecule has 0 spiro atoms. The highest BCUT2D eigenvalue weighted by Crippen LogP contribution is 2.22. The third-order valence-electron chi connectivity index (χ3n) is 4.09. The fraction of sp³-hybridized carbons (Fsp3) is 0.579. The Morgan fingerprint density at radius 1 is 1.28 bits per heavy atom. The summed E-state index contributed by atoms with van der Waals surface area (Å²) in [5, 5.41) is 3.46. The first kappa shape index (κ1) is 19.1. The van der Waals surface area contributed by atoms with Gasteiger partial charge in [-0.2, -0.15) is 0 Å². The minimum absolute atomic E-state index is 0.118. The van der Waals surface area contributed by atoms with Crippen LogP contribution in [0.5, 0.6) is 0 Å². The molecule has 2 rings (SSSR count). The van der Waals surface area contributed by atoms with E-state index in [1.54, 1.807) is 17.0 Å². The van der Waals surface area contributed by atoms with Crippen molar-refractivity contribution in [1.82, 2.24) is 4.90 Å². The first-order valence-corrected chi connectivity index (χ1v) is 8.63. The standard InChI is InChI=1S/C19H28N2O4/c1-13-8-9-14(17(22)24-5)11-16(13)20-15-7-6-10-21(12-15)18(23)25-19(2,3)4/h8-9,11,15,20H,6-7,10,12H2,1-5H3. The molecule has 0 saturated carbocycles. The Balaban J connectivity index is 2.05. The first-order chi connectivity index (χ1) is 11.7. The summed E-state index contributed by atoms with van der Waals surface area (Å²) in [4.78, 5) is 25.7. The average Bonchev–Trinajstić information content (AvgIpc) is 2.55. The van der Waals surface area contributed by atoms with Gasteiger partial charge < -0.3 is 19.7 Å². The first-order valence-electron chi connectivity index (χ1n) is 8.63. The van der Waals surface area contributed by atoms with Gasteiger partial charge >= 0.3 is 12.1 Å². The molecule has 1 aliphatic heterocycles. The Labute approximate surface area is 149 Å². The van der Waals surface area contributed by atoms with E-state index >= 15 is 0 Å². The Morgan fingerprint density at radius 3 is 2.64 bits per heavy atom. The van der Waals surface area contributed by atoms with Gasteiger partial charge in [0.05, 0.1) is 12.7 Å². The average molecular weight is 348 g/mol. The normalized spacial score (nSPS) is 17.8. The summed E-state index contributed by atoms with van der Waals surface area (Å²) in [6.07, 6.45) is 1.59. The van der Waals surface area contributed by atoms with Crippen LogP contribution in [0.4, 0.5) is 10.5 Å². The van der Waals surface area contributed by atoms with E-state index in [2.05, 4.69) is 5.32 Å². The van der Waals surface area contributed by atoms with Gasteiger partial charge in [-0.1, -0.05) is 6.07 Å². The van der Waals surface area contributed by atoms with Gasteiger partial charge in [0.25, 0.3) is 0 Å². The summed E-state index contributed by atoms with van der Waals surface area (Å²) >= 11 is 0. The number of anilines is 1. The maximum atomic E-state index is 12.3. The molecular formula is C19H28N2O4. The molecule has 1 aliphatic rings. The molecule has 1 unspecified atom stereocenters. The van der Waals surface area contributed by atoms with Gasteiger partial charge in [-0.15, -0.1) is 0 Å². The van der Waals surface area contributed by atoms with E-state index in [-0.39, 0.29) is 18.1 Å². The SMILES string of the molecule is COC(=O)c1ccc(C)c(NC2CCCN(C(=O)OC(C)(C)C)C2)c1. The molecule has 1 heterocycles. The van der Waals surface area contributed by atoms with Crippen LogP contribution in [0, 0.1) is 6.92 Å². The summed E-state index contributed by atoms with van der Waals surface area (Å²) in [6.45, 7) is 8.87.